The van der Waals surface area contributed by atoms with E-state index < -0.39 is 0 Å². The van der Waals surface area contributed by atoms with Gasteiger partial charge < -0.3 is 14.5 Å². The van der Waals surface area contributed by atoms with Crippen LogP contribution in [0.25, 0.3) is 5.82 Å². The normalized spacial score (nSPS) is 17.3. The fraction of sp³-hybridized carbons (Fsp3) is 0.600. The Bertz CT molecular complexity index is 744. The Labute approximate surface area is 150 Å². The number of aromatic nitrogens is 6. The monoisotopic (exact) mass is 362 g/mol. The summed E-state index contributed by atoms with van der Waals surface area (Å²) in [4.78, 5) is 28.8. The third-order valence-electron chi connectivity index (χ3n) is 4.31. The van der Waals surface area contributed by atoms with E-state index in [2.05, 4.69) is 25.7 Å². The van der Waals surface area contributed by atoms with E-state index in [1.165, 1.54) is 17.2 Å². The first kappa shape index (κ1) is 18.0. The third-order valence-corrected chi connectivity index (χ3v) is 4.31. The molecule has 11 nitrogen and oxygen atoms in total. The van der Waals surface area contributed by atoms with Gasteiger partial charge in [-0.2, -0.15) is 9.78 Å². The maximum absolute atomic E-state index is 13.1. The molecule has 0 radical (unpaired) electrons. The van der Waals surface area contributed by atoms with Crippen LogP contribution in [0.3, 0.4) is 0 Å². The van der Waals surface area contributed by atoms with Crippen LogP contribution < -0.4 is 0 Å². The van der Waals surface area contributed by atoms with E-state index >= 15 is 0 Å². The third kappa shape index (κ3) is 3.72. The number of carbonyl (C=O) groups is 2. The van der Waals surface area contributed by atoms with Crippen LogP contribution in [0.4, 0.5) is 0 Å². The molecule has 3 heterocycles. The summed E-state index contributed by atoms with van der Waals surface area (Å²) in [7, 11) is 1.77. The Kier molecular flexibility index (Phi) is 5.56. The van der Waals surface area contributed by atoms with Crippen LogP contribution in [-0.2, 0) is 9.53 Å². The van der Waals surface area contributed by atoms with E-state index in [9.17, 15) is 9.59 Å². The lowest BCUT2D eigenvalue weighted by Crippen LogP contribution is -2.50. The maximum Gasteiger partial charge on any atom is 0.259 e. The number of amides is 2. The first-order valence-electron chi connectivity index (χ1n) is 8.51. The molecule has 140 valence electrons. The number of nitrogens with zero attached hydrogens (tertiary/aromatic N) is 7. The van der Waals surface area contributed by atoms with E-state index in [0.717, 1.165) is 6.42 Å². The van der Waals surface area contributed by atoms with Crippen LogP contribution in [-0.4, -0.2) is 91.4 Å². The van der Waals surface area contributed by atoms with Gasteiger partial charge in [-0.25, -0.2) is 0 Å². The van der Waals surface area contributed by atoms with E-state index in [1.807, 2.05) is 6.92 Å². The van der Waals surface area contributed by atoms with Crippen LogP contribution in [0, 0.1) is 0 Å². The Morgan fingerprint density at radius 1 is 1.46 bits per heavy atom. The van der Waals surface area contributed by atoms with Gasteiger partial charge in [-0.1, -0.05) is 6.92 Å². The fourth-order valence-corrected chi connectivity index (χ4v) is 2.94. The van der Waals surface area contributed by atoms with E-state index in [-0.39, 0.29) is 24.3 Å². The highest BCUT2D eigenvalue weighted by atomic mass is 16.5. The second-order valence-electron chi connectivity index (χ2n) is 6.13. The van der Waals surface area contributed by atoms with Crippen LogP contribution in [0.15, 0.2) is 12.5 Å². The zero-order chi connectivity index (χ0) is 18.5. The molecular formula is C15H22N8O3. The Morgan fingerprint density at radius 3 is 3.04 bits per heavy atom. The number of hydrogen-bond donors (Lipinski definition) is 1. The standard InChI is InChI=1S/C15H22N8O3/c1-3-4-21(2)13(24)7-11-9-26-6-5-22(11)15(25)12-8-16-18-14(12)23-10-17-19-20-23/h8,10-11H,3-7,9H2,1-2H3,(H,16,18)/t11-/m0/s1. The minimum Gasteiger partial charge on any atom is -0.377 e. The number of ether oxygens (including phenoxy) is 1. The van der Waals surface area contributed by atoms with Crippen LogP contribution in [0.2, 0.25) is 0 Å². The minimum atomic E-state index is -0.320. The molecule has 11 heteroatoms. The molecule has 1 aliphatic rings. The summed E-state index contributed by atoms with van der Waals surface area (Å²) in [5.74, 6) is 0.149. The number of carbonyl (C=O) groups excluding carboxylic acids is 2. The molecule has 0 aromatic carbocycles. The molecule has 1 N–H and O–H groups in total. The minimum absolute atomic E-state index is 0.00644. The Hall–Kier alpha value is -2.82. The molecule has 3 rings (SSSR count). The molecule has 2 aromatic rings. The van der Waals surface area contributed by atoms with Crippen molar-refractivity contribution in [2.45, 2.75) is 25.8 Å². The second kappa shape index (κ2) is 8.04. The first-order valence-corrected chi connectivity index (χ1v) is 8.51. The molecule has 0 spiro atoms. The number of aromatic amines is 1. The lowest BCUT2D eigenvalue weighted by atomic mass is 10.1. The molecule has 0 saturated carbocycles. The quantitative estimate of drug-likeness (QED) is 0.734. The van der Waals surface area contributed by atoms with Crippen molar-refractivity contribution in [3.8, 4) is 5.82 Å². The number of rotatable bonds is 6. The molecule has 2 aromatic heterocycles. The second-order valence-corrected chi connectivity index (χ2v) is 6.13. The van der Waals surface area contributed by atoms with Gasteiger partial charge in [-0.15, -0.1) is 5.10 Å². The van der Waals surface area contributed by atoms with Crippen molar-refractivity contribution >= 4 is 11.8 Å². The molecule has 1 fully saturated rings. The largest absolute Gasteiger partial charge is 0.377 e. The number of tetrazole rings is 1. The van der Waals surface area contributed by atoms with E-state index in [1.54, 1.807) is 16.8 Å². The van der Waals surface area contributed by atoms with Crippen LogP contribution in [0.1, 0.15) is 30.1 Å². The molecule has 1 saturated heterocycles. The van der Waals surface area contributed by atoms with Crippen molar-refractivity contribution in [1.29, 1.82) is 0 Å². The highest BCUT2D eigenvalue weighted by molar-refractivity contribution is 5.97. The molecule has 0 unspecified atom stereocenters. The number of morpholine rings is 1. The zero-order valence-corrected chi connectivity index (χ0v) is 14.8. The molecule has 0 bridgehead atoms. The average molecular weight is 362 g/mol. The van der Waals surface area contributed by atoms with E-state index in [0.29, 0.717) is 37.7 Å². The SMILES string of the molecule is CCCN(C)C(=O)C[C@H]1COCCN1C(=O)c1cn[nH]c1-n1cnnn1. The summed E-state index contributed by atoms with van der Waals surface area (Å²) in [6.45, 7) is 3.87. The van der Waals surface area contributed by atoms with Crippen LogP contribution >= 0.6 is 0 Å². The first-order chi connectivity index (χ1) is 12.6. The topological polar surface area (TPSA) is 122 Å². The van der Waals surface area contributed by atoms with Crippen molar-refractivity contribution in [3.05, 3.63) is 18.1 Å². The lowest BCUT2D eigenvalue weighted by Gasteiger charge is -2.36. The Morgan fingerprint density at radius 2 is 2.31 bits per heavy atom. The summed E-state index contributed by atoms with van der Waals surface area (Å²) in [6, 6.07) is -0.320. The van der Waals surface area contributed by atoms with Gasteiger partial charge in [0.15, 0.2) is 5.82 Å². The summed E-state index contributed by atoms with van der Waals surface area (Å²) < 4.78 is 6.84. The average Bonchev–Trinajstić information content (AvgIpc) is 3.33. The lowest BCUT2D eigenvalue weighted by molar-refractivity contribution is -0.132. The predicted octanol–water partition coefficient (Wildman–Crippen LogP) is -0.515. The van der Waals surface area contributed by atoms with Gasteiger partial charge in [-0.05, 0) is 16.8 Å². The maximum atomic E-state index is 13.1. The van der Waals surface area contributed by atoms with Crippen molar-refractivity contribution in [2.24, 2.45) is 0 Å². The van der Waals surface area contributed by atoms with Crippen LogP contribution in [0.5, 0.6) is 0 Å². The highest BCUT2D eigenvalue weighted by Crippen LogP contribution is 2.18. The highest BCUT2D eigenvalue weighted by Gasteiger charge is 2.32. The van der Waals surface area contributed by atoms with Gasteiger partial charge in [-0.3, -0.25) is 14.7 Å². The summed E-state index contributed by atoms with van der Waals surface area (Å²) in [5.41, 5.74) is 0.346. The fourth-order valence-electron chi connectivity index (χ4n) is 2.94. The van der Waals surface area contributed by atoms with Gasteiger partial charge in [0, 0.05) is 26.6 Å². The molecule has 0 aliphatic carbocycles. The number of hydrogen-bond acceptors (Lipinski definition) is 7. The van der Waals surface area contributed by atoms with Gasteiger partial charge in [0.05, 0.1) is 25.5 Å². The summed E-state index contributed by atoms with van der Waals surface area (Å²) in [6.07, 6.45) is 3.93. The summed E-state index contributed by atoms with van der Waals surface area (Å²) in [5, 5.41) is 17.6. The smallest absolute Gasteiger partial charge is 0.259 e. The molecule has 2 amide bonds. The molecule has 1 atom stereocenters. The molecular weight excluding hydrogens is 340 g/mol. The number of H-pyrrole nitrogens is 1. The van der Waals surface area contributed by atoms with Gasteiger partial charge in [0.25, 0.3) is 5.91 Å². The van der Waals surface area contributed by atoms with Gasteiger partial charge in [0.2, 0.25) is 5.91 Å². The number of nitrogens with one attached hydrogen (secondary N) is 1. The Balaban J connectivity index is 1.77. The summed E-state index contributed by atoms with van der Waals surface area (Å²) >= 11 is 0. The molecule has 1 aliphatic heterocycles. The van der Waals surface area contributed by atoms with Crippen molar-refractivity contribution in [1.82, 2.24) is 40.2 Å². The van der Waals surface area contributed by atoms with E-state index in [4.69, 9.17) is 4.74 Å². The van der Waals surface area contributed by atoms with Crippen molar-refractivity contribution in [3.63, 3.8) is 0 Å². The van der Waals surface area contributed by atoms with Gasteiger partial charge in [0.1, 0.15) is 11.9 Å². The van der Waals surface area contributed by atoms with Gasteiger partial charge >= 0.3 is 0 Å². The zero-order valence-electron chi connectivity index (χ0n) is 14.8. The van der Waals surface area contributed by atoms with Crippen molar-refractivity contribution in [2.75, 3.05) is 33.4 Å². The van der Waals surface area contributed by atoms with Crippen molar-refractivity contribution < 1.29 is 14.3 Å². The molecule has 26 heavy (non-hydrogen) atoms. The predicted molar refractivity (Wildman–Crippen MR) is 89.5 cm³/mol.